The largest absolute Gasteiger partial charge is 0.450 e. The number of hydrogen-bond acceptors (Lipinski definition) is 6. The number of ether oxygens (including phenoxy) is 2. The molecule has 0 aliphatic rings. The first kappa shape index (κ1) is 25.8. The van der Waals surface area contributed by atoms with Crippen LogP contribution < -0.4 is 32.1 Å². The van der Waals surface area contributed by atoms with Gasteiger partial charge in [-0.15, -0.1) is 0 Å². The van der Waals surface area contributed by atoms with Crippen LogP contribution in [0.25, 0.3) is 0 Å². The first-order chi connectivity index (χ1) is 16.4. The predicted octanol–water partition coefficient (Wildman–Crippen LogP) is 2.39. The van der Waals surface area contributed by atoms with Crippen molar-refractivity contribution in [3.05, 3.63) is 71.8 Å². The van der Waals surface area contributed by atoms with Crippen molar-refractivity contribution in [1.82, 2.24) is 32.1 Å². The van der Waals surface area contributed by atoms with Gasteiger partial charge in [0.15, 0.2) is 0 Å². The van der Waals surface area contributed by atoms with E-state index in [2.05, 4.69) is 32.1 Å². The number of hydrazine groups is 1. The van der Waals surface area contributed by atoms with Gasteiger partial charge in [-0.3, -0.25) is 10.6 Å². The second-order valence-electron chi connectivity index (χ2n) is 6.61. The van der Waals surface area contributed by atoms with Gasteiger partial charge in [-0.1, -0.05) is 60.7 Å². The van der Waals surface area contributed by atoms with E-state index in [1.54, 1.807) is 74.5 Å². The maximum atomic E-state index is 12.3. The molecule has 0 bridgehead atoms. The molecule has 2 aromatic carbocycles. The molecule has 6 N–H and O–H groups in total. The molecule has 0 fully saturated rings. The first-order valence-corrected chi connectivity index (χ1v) is 10.5. The van der Waals surface area contributed by atoms with Gasteiger partial charge in [0.25, 0.3) is 0 Å². The molecule has 0 aliphatic carbocycles. The lowest BCUT2D eigenvalue weighted by atomic mass is 10.2. The number of amides is 6. The van der Waals surface area contributed by atoms with Crippen LogP contribution in [0.2, 0.25) is 0 Å². The molecule has 2 atom stereocenters. The summed E-state index contributed by atoms with van der Waals surface area (Å²) in [5.74, 6) is 0. The van der Waals surface area contributed by atoms with E-state index < -0.39 is 36.6 Å². The Hall–Kier alpha value is -4.48. The van der Waals surface area contributed by atoms with E-state index in [0.29, 0.717) is 11.1 Å². The van der Waals surface area contributed by atoms with E-state index in [1.807, 2.05) is 0 Å². The van der Waals surface area contributed by atoms with E-state index in [9.17, 15) is 19.2 Å². The third-order valence-corrected chi connectivity index (χ3v) is 4.18. The van der Waals surface area contributed by atoms with Crippen LogP contribution in [0.4, 0.5) is 19.2 Å². The summed E-state index contributed by atoms with van der Waals surface area (Å²) in [6, 6.07) is 15.7. The second kappa shape index (κ2) is 13.8. The lowest BCUT2D eigenvalue weighted by Crippen LogP contribution is -2.54. The minimum absolute atomic E-state index is 0.156. The van der Waals surface area contributed by atoms with Crippen LogP contribution in [0, 0.1) is 0 Å². The van der Waals surface area contributed by atoms with Gasteiger partial charge in [-0.2, -0.15) is 0 Å². The number of carbonyl (C=O) groups is 4. The Morgan fingerprint density at radius 2 is 0.971 bits per heavy atom. The molecular formula is C22H28N6O6. The van der Waals surface area contributed by atoms with Crippen molar-refractivity contribution in [3.63, 3.8) is 0 Å². The van der Waals surface area contributed by atoms with Crippen LogP contribution in [-0.4, -0.2) is 37.5 Å². The van der Waals surface area contributed by atoms with E-state index in [4.69, 9.17) is 9.47 Å². The average molecular weight is 473 g/mol. The fraction of sp³-hybridized carbons (Fsp3) is 0.273. The highest BCUT2D eigenvalue weighted by Crippen LogP contribution is 2.10. The van der Waals surface area contributed by atoms with Gasteiger partial charge in [0.05, 0.1) is 13.2 Å². The van der Waals surface area contributed by atoms with Gasteiger partial charge in [-0.25, -0.2) is 30.0 Å². The summed E-state index contributed by atoms with van der Waals surface area (Å²) < 4.78 is 9.72. The zero-order valence-electron chi connectivity index (χ0n) is 18.8. The average Bonchev–Trinajstić information content (AvgIpc) is 2.83. The molecule has 0 saturated heterocycles. The summed E-state index contributed by atoms with van der Waals surface area (Å²) >= 11 is 0. The van der Waals surface area contributed by atoms with Crippen LogP contribution in [-0.2, 0) is 9.47 Å². The SMILES string of the molecule is CCOC(=O)N[C@H](NC(=O)NNC(=O)N[C@@H](NC(=O)OCC)c1ccccc1)c1ccccc1. The van der Waals surface area contributed by atoms with Crippen molar-refractivity contribution in [3.8, 4) is 0 Å². The number of alkyl carbamates (subject to hydrolysis) is 2. The molecule has 0 unspecified atom stereocenters. The normalized spacial score (nSPS) is 11.7. The number of urea groups is 2. The van der Waals surface area contributed by atoms with Gasteiger partial charge in [0.1, 0.15) is 12.3 Å². The molecule has 0 spiro atoms. The molecule has 2 rings (SSSR count). The zero-order valence-corrected chi connectivity index (χ0v) is 18.8. The minimum Gasteiger partial charge on any atom is -0.450 e. The van der Waals surface area contributed by atoms with E-state index in [0.717, 1.165) is 0 Å². The number of benzene rings is 2. The van der Waals surface area contributed by atoms with Crippen LogP contribution in [0.5, 0.6) is 0 Å². The predicted molar refractivity (Wildman–Crippen MR) is 122 cm³/mol. The van der Waals surface area contributed by atoms with Gasteiger partial charge in [0, 0.05) is 0 Å². The second-order valence-corrected chi connectivity index (χ2v) is 6.61. The van der Waals surface area contributed by atoms with Gasteiger partial charge in [0.2, 0.25) is 0 Å². The molecular weight excluding hydrogens is 444 g/mol. The fourth-order valence-electron chi connectivity index (χ4n) is 2.73. The molecule has 12 nitrogen and oxygen atoms in total. The molecule has 0 heterocycles. The highest BCUT2D eigenvalue weighted by Gasteiger charge is 2.20. The molecule has 34 heavy (non-hydrogen) atoms. The van der Waals surface area contributed by atoms with E-state index >= 15 is 0 Å². The van der Waals surface area contributed by atoms with Gasteiger partial charge >= 0.3 is 24.2 Å². The Bertz CT molecular complexity index is 866. The minimum atomic E-state index is -0.923. The third kappa shape index (κ3) is 8.94. The fourth-order valence-corrected chi connectivity index (χ4v) is 2.73. The molecule has 2 aromatic rings. The standard InChI is InChI=1S/C22H28N6O6/c1-3-33-21(31)25-17(15-11-7-5-8-12-15)23-19(29)27-28-20(30)24-18(26-22(32)34-4-2)16-13-9-6-10-14-16/h5-14,17-18H,3-4H2,1-2H3,(H,25,31)(H,26,32)(H2,23,27,29)(H2,24,28,30)/t17-,18-/m0/s1. The smallest absolute Gasteiger partial charge is 0.409 e. The van der Waals surface area contributed by atoms with Crippen molar-refractivity contribution in [2.75, 3.05) is 13.2 Å². The number of hydrogen-bond donors (Lipinski definition) is 6. The molecule has 182 valence electrons. The molecule has 12 heteroatoms. The van der Waals surface area contributed by atoms with Crippen LogP contribution in [0.3, 0.4) is 0 Å². The lowest BCUT2D eigenvalue weighted by Gasteiger charge is -2.22. The number of carbonyl (C=O) groups excluding carboxylic acids is 4. The summed E-state index contributed by atoms with van der Waals surface area (Å²) in [7, 11) is 0. The molecule has 6 amide bonds. The van der Waals surface area contributed by atoms with E-state index in [1.165, 1.54) is 0 Å². The van der Waals surface area contributed by atoms with Gasteiger partial charge in [-0.05, 0) is 25.0 Å². The van der Waals surface area contributed by atoms with Crippen LogP contribution in [0.15, 0.2) is 60.7 Å². The Balaban J connectivity index is 1.95. The summed E-state index contributed by atoms with van der Waals surface area (Å²) in [6.45, 7) is 3.62. The van der Waals surface area contributed by atoms with Gasteiger partial charge < -0.3 is 20.1 Å². The van der Waals surface area contributed by atoms with Crippen molar-refractivity contribution < 1.29 is 28.7 Å². The Labute approximate surface area is 196 Å². The summed E-state index contributed by atoms with van der Waals surface area (Å²) in [5.41, 5.74) is 5.51. The Morgan fingerprint density at radius 3 is 1.29 bits per heavy atom. The topological polar surface area (TPSA) is 159 Å². The van der Waals surface area contributed by atoms with E-state index in [-0.39, 0.29) is 13.2 Å². The van der Waals surface area contributed by atoms with Crippen molar-refractivity contribution in [2.24, 2.45) is 0 Å². The summed E-state index contributed by atoms with van der Waals surface area (Å²) in [5, 5.41) is 10.1. The van der Waals surface area contributed by atoms with Crippen molar-refractivity contribution in [2.45, 2.75) is 26.2 Å². The first-order valence-electron chi connectivity index (χ1n) is 10.5. The highest BCUT2D eigenvalue weighted by atomic mass is 16.6. The molecule has 0 aliphatic heterocycles. The van der Waals surface area contributed by atoms with Crippen molar-refractivity contribution >= 4 is 24.2 Å². The number of rotatable bonds is 8. The molecule has 0 radical (unpaired) electrons. The highest BCUT2D eigenvalue weighted by molar-refractivity contribution is 5.81. The lowest BCUT2D eigenvalue weighted by molar-refractivity contribution is 0.144. The maximum Gasteiger partial charge on any atom is 0.409 e. The number of nitrogens with one attached hydrogen (secondary N) is 6. The van der Waals surface area contributed by atoms with Crippen LogP contribution in [0.1, 0.15) is 37.3 Å². The molecule has 0 aromatic heterocycles. The quantitative estimate of drug-likeness (QED) is 0.256. The summed E-state index contributed by atoms with van der Waals surface area (Å²) in [4.78, 5) is 48.4. The zero-order chi connectivity index (χ0) is 24.8. The Morgan fingerprint density at radius 1 is 0.618 bits per heavy atom. The van der Waals surface area contributed by atoms with Crippen LogP contribution >= 0.6 is 0 Å². The summed E-state index contributed by atoms with van der Waals surface area (Å²) in [6.07, 6.45) is -3.29. The monoisotopic (exact) mass is 472 g/mol. The molecule has 0 saturated carbocycles. The third-order valence-electron chi connectivity index (χ3n) is 4.18. The Kier molecular flexibility index (Phi) is 10.5. The maximum absolute atomic E-state index is 12.3. The van der Waals surface area contributed by atoms with Crippen molar-refractivity contribution in [1.29, 1.82) is 0 Å².